The third-order valence-corrected chi connectivity index (χ3v) is 6.04. The molecular weight excluding hydrogens is 418 g/mol. The van der Waals surface area contributed by atoms with E-state index in [4.69, 9.17) is 17.0 Å². The first kappa shape index (κ1) is 20.2. The number of hydrogen-bond acceptors (Lipinski definition) is 4. The minimum absolute atomic E-state index is 0.0588. The van der Waals surface area contributed by atoms with E-state index in [0.29, 0.717) is 11.7 Å². The molecule has 0 amide bonds. The Kier molecular flexibility index (Phi) is 5.56. The summed E-state index contributed by atoms with van der Waals surface area (Å²) in [6, 6.07) is 24.0. The molecule has 0 spiro atoms. The number of pyridine rings is 2. The molecule has 2 unspecified atom stereocenters. The second-order valence-electron chi connectivity index (χ2n) is 7.58. The molecule has 0 bridgehead atoms. The average Bonchev–Trinajstić information content (AvgIpc) is 3.45. The number of aromatic nitrogens is 3. The van der Waals surface area contributed by atoms with Gasteiger partial charge in [-0.25, -0.2) is 0 Å². The summed E-state index contributed by atoms with van der Waals surface area (Å²) < 4.78 is 7.52. The summed E-state index contributed by atoms with van der Waals surface area (Å²) in [6.45, 7) is 0.606. The number of nitrogens with zero attached hydrogens (tertiary/aromatic N) is 4. The van der Waals surface area contributed by atoms with Gasteiger partial charge in [0, 0.05) is 30.0 Å². The van der Waals surface area contributed by atoms with Gasteiger partial charge in [-0.1, -0.05) is 12.1 Å². The number of hydrogen-bond donors (Lipinski definition) is 1. The lowest BCUT2D eigenvalue weighted by Gasteiger charge is -2.28. The largest absolute Gasteiger partial charge is 0.497 e. The summed E-state index contributed by atoms with van der Waals surface area (Å²) in [6.07, 6.45) is 5.71. The van der Waals surface area contributed by atoms with E-state index in [1.54, 1.807) is 7.11 Å². The molecule has 0 saturated carbocycles. The Morgan fingerprint density at radius 2 is 1.72 bits per heavy atom. The molecule has 1 fully saturated rings. The average molecular weight is 442 g/mol. The van der Waals surface area contributed by atoms with Gasteiger partial charge >= 0.3 is 0 Å². The van der Waals surface area contributed by atoms with Gasteiger partial charge in [-0.2, -0.15) is 0 Å². The first-order valence-electron chi connectivity index (χ1n) is 10.4. The summed E-state index contributed by atoms with van der Waals surface area (Å²) in [5, 5.41) is 4.20. The predicted octanol–water partition coefficient (Wildman–Crippen LogP) is 4.45. The first-order chi connectivity index (χ1) is 15.7. The zero-order valence-electron chi connectivity index (χ0n) is 17.6. The highest BCUT2D eigenvalue weighted by atomic mass is 32.1. The maximum Gasteiger partial charge on any atom is 0.170 e. The molecular formula is C25H23N5OS. The number of ether oxygens (including phenoxy) is 1. The van der Waals surface area contributed by atoms with Crippen LogP contribution in [0.3, 0.4) is 0 Å². The Morgan fingerprint density at radius 1 is 0.938 bits per heavy atom. The molecule has 1 saturated heterocycles. The van der Waals surface area contributed by atoms with Crippen molar-refractivity contribution in [3.8, 4) is 11.4 Å². The van der Waals surface area contributed by atoms with Crippen molar-refractivity contribution < 1.29 is 4.74 Å². The molecule has 5 rings (SSSR count). The van der Waals surface area contributed by atoms with Crippen molar-refractivity contribution in [2.24, 2.45) is 0 Å². The van der Waals surface area contributed by atoms with Gasteiger partial charge in [0.05, 0.1) is 37.1 Å². The molecule has 3 aromatic heterocycles. The standard InChI is InChI=1S/C25H23N5OS/c1-31-20-12-10-19(11-13-20)29-16-6-9-22(29)24-23(21-8-3-5-15-27-21)28-25(32)30(24)17-18-7-2-4-14-26-18/h2-16,23-24H,17H2,1H3,(H,28,32). The third kappa shape index (κ3) is 3.83. The predicted molar refractivity (Wildman–Crippen MR) is 128 cm³/mol. The highest BCUT2D eigenvalue weighted by Gasteiger charge is 2.41. The quantitative estimate of drug-likeness (QED) is 0.446. The van der Waals surface area contributed by atoms with Crippen LogP contribution in [0.1, 0.15) is 29.2 Å². The van der Waals surface area contributed by atoms with E-state index in [1.165, 1.54) is 0 Å². The molecule has 4 heterocycles. The van der Waals surface area contributed by atoms with E-state index in [-0.39, 0.29) is 12.1 Å². The summed E-state index contributed by atoms with van der Waals surface area (Å²) in [4.78, 5) is 11.4. The molecule has 160 valence electrons. The highest BCUT2D eigenvalue weighted by Crippen LogP contribution is 2.40. The van der Waals surface area contributed by atoms with Gasteiger partial charge in [-0.05, 0) is 72.9 Å². The summed E-state index contributed by atoms with van der Waals surface area (Å²) in [5.74, 6) is 0.828. The molecule has 2 atom stereocenters. The van der Waals surface area contributed by atoms with E-state index in [1.807, 2.05) is 60.9 Å². The number of rotatable bonds is 6. The molecule has 32 heavy (non-hydrogen) atoms. The molecule has 7 heteroatoms. The lowest BCUT2D eigenvalue weighted by Crippen LogP contribution is -2.30. The van der Waals surface area contributed by atoms with Gasteiger partial charge in [-0.15, -0.1) is 0 Å². The fourth-order valence-corrected chi connectivity index (χ4v) is 4.48. The molecule has 1 aliphatic heterocycles. The summed E-state index contributed by atoms with van der Waals surface area (Å²) in [5.41, 5.74) is 4.09. The Hall–Kier alpha value is -3.71. The van der Waals surface area contributed by atoms with Crippen LogP contribution in [0.15, 0.2) is 91.4 Å². The minimum atomic E-state index is -0.0840. The molecule has 6 nitrogen and oxygen atoms in total. The lowest BCUT2D eigenvalue weighted by molar-refractivity contribution is 0.299. The maximum atomic E-state index is 5.79. The van der Waals surface area contributed by atoms with Crippen LogP contribution in [-0.4, -0.2) is 31.7 Å². The van der Waals surface area contributed by atoms with E-state index >= 15 is 0 Å². The normalized spacial score (nSPS) is 17.9. The van der Waals surface area contributed by atoms with Gasteiger partial charge in [0.15, 0.2) is 5.11 Å². The number of methoxy groups -OCH3 is 1. The second-order valence-corrected chi connectivity index (χ2v) is 7.96. The van der Waals surface area contributed by atoms with Gasteiger partial charge in [0.1, 0.15) is 5.75 Å². The number of thiocarbonyl (C=S) groups is 1. The van der Waals surface area contributed by atoms with Crippen LogP contribution in [-0.2, 0) is 6.54 Å². The fraction of sp³-hybridized carbons (Fsp3) is 0.160. The summed E-state index contributed by atoms with van der Waals surface area (Å²) >= 11 is 5.79. The number of nitrogens with one attached hydrogen (secondary N) is 1. The van der Waals surface area contributed by atoms with Crippen molar-refractivity contribution in [1.29, 1.82) is 0 Å². The van der Waals surface area contributed by atoms with Crippen molar-refractivity contribution in [3.63, 3.8) is 0 Å². The van der Waals surface area contributed by atoms with Crippen molar-refractivity contribution in [3.05, 3.63) is 108 Å². The van der Waals surface area contributed by atoms with E-state index in [2.05, 4.69) is 55.2 Å². The van der Waals surface area contributed by atoms with Crippen LogP contribution in [0.25, 0.3) is 5.69 Å². The van der Waals surface area contributed by atoms with Crippen LogP contribution in [0.5, 0.6) is 5.75 Å². The Bertz CT molecular complexity index is 1190. The Balaban J connectivity index is 1.58. The van der Waals surface area contributed by atoms with Crippen LogP contribution in [0.2, 0.25) is 0 Å². The lowest BCUT2D eigenvalue weighted by atomic mass is 10.0. The fourth-order valence-electron chi connectivity index (χ4n) is 4.18. The van der Waals surface area contributed by atoms with Crippen LogP contribution < -0.4 is 10.1 Å². The van der Waals surface area contributed by atoms with Gasteiger partial charge in [-0.3, -0.25) is 9.97 Å². The van der Waals surface area contributed by atoms with Crippen molar-refractivity contribution in [2.75, 3.05) is 7.11 Å². The zero-order valence-corrected chi connectivity index (χ0v) is 18.4. The van der Waals surface area contributed by atoms with Crippen LogP contribution >= 0.6 is 12.2 Å². The first-order valence-corrected chi connectivity index (χ1v) is 10.8. The minimum Gasteiger partial charge on any atom is -0.497 e. The Labute approximate surface area is 192 Å². The zero-order chi connectivity index (χ0) is 21.9. The Morgan fingerprint density at radius 3 is 2.41 bits per heavy atom. The molecule has 1 aliphatic rings. The molecule has 0 radical (unpaired) electrons. The SMILES string of the molecule is COc1ccc(-n2cccc2C2C(c3ccccn3)NC(=S)N2Cc2ccccn2)cc1. The maximum absolute atomic E-state index is 5.79. The van der Waals surface area contributed by atoms with E-state index < -0.39 is 0 Å². The molecule has 1 N–H and O–H groups in total. The third-order valence-electron chi connectivity index (χ3n) is 5.69. The smallest absolute Gasteiger partial charge is 0.170 e. The monoisotopic (exact) mass is 441 g/mol. The van der Waals surface area contributed by atoms with Crippen LogP contribution in [0.4, 0.5) is 0 Å². The molecule has 4 aromatic rings. The van der Waals surface area contributed by atoms with E-state index in [0.717, 1.165) is 28.5 Å². The van der Waals surface area contributed by atoms with Crippen molar-refractivity contribution >= 4 is 17.3 Å². The molecule has 0 aliphatic carbocycles. The topological polar surface area (TPSA) is 55.2 Å². The van der Waals surface area contributed by atoms with Gasteiger partial charge in [0.25, 0.3) is 0 Å². The van der Waals surface area contributed by atoms with Crippen molar-refractivity contribution in [2.45, 2.75) is 18.6 Å². The summed E-state index contributed by atoms with van der Waals surface area (Å²) in [7, 11) is 1.67. The van der Waals surface area contributed by atoms with Gasteiger partial charge in [0.2, 0.25) is 0 Å². The highest BCUT2D eigenvalue weighted by molar-refractivity contribution is 7.80. The molecule has 1 aromatic carbocycles. The van der Waals surface area contributed by atoms with Crippen LogP contribution in [0, 0.1) is 0 Å². The van der Waals surface area contributed by atoms with Gasteiger partial charge < -0.3 is 19.5 Å². The van der Waals surface area contributed by atoms with Crippen molar-refractivity contribution in [1.82, 2.24) is 24.8 Å². The number of benzene rings is 1. The second kappa shape index (κ2) is 8.80. The van der Waals surface area contributed by atoms with E-state index in [9.17, 15) is 0 Å².